The molecule has 1 aromatic heterocycles. The summed E-state index contributed by atoms with van der Waals surface area (Å²) < 4.78 is 1.73. The number of nitrogens with one attached hydrogen (secondary N) is 1. The lowest BCUT2D eigenvalue weighted by atomic mass is 9.92. The molecule has 0 aliphatic rings. The molecule has 23 heavy (non-hydrogen) atoms. The molecule has 0 saturated heterocycles. The molecule has 1 amide bonds. The topological polar surface area (TPSA) is 72.9 Å². The predicted octanol–water partition coefficient (Wildman–Crippen LogP) is 2.85. The van der Waals surface area contributed by atoms with Crippen LogP contribution in [0.5, 0.6) is 0 Å². The Labute approximate surface area is 143 Å². The Balaban J connectivity index is 0.00000264. The van der Waals surface area contributed by atoms with Crippen molar-refractivity contribution in [2.45, 2.75) is 39.2 Å². The minimum Gasteiger partial charge on any atom is -0.345 e. The normalized spacial score (nSPS) is 11.0. The summed E-state index contributed by atoms with van der Waals surface area (Å²) in [4.78, 5) is 12.6. The molecule has 0 aliphatic heterocycles. The summed E-state index contributed by atoms with van der Waals surface area (Å²) in [5.41, 5.74) is 7.73. The van der Waals surface area contributed by atoms with Crippen LogP contribution in [0.1, 0.15) is 42.7 Å². The minimum atomic E-state index is -0.349. The standard InChI is InChI=1S/C17H24N4O.ClH/c1-4-17(5-2,12-18)19-16(22)15-11-21(20-13(15)3)14-9-7-6-8-10-14;/h6-11H,4-5,12,18H2,1-3H3,(H,19,22);1H. The second-order valence-corrected chi connectivity index (χ2v) is 5.55. The van der Waals surface area contributed by atoms with Gasteiger partial charge in [0.05, 0.1) is 22.5 Å². The molecular weight excluding hydrogens is 312 g/mol. The maximum absolute atomic E-state index is 12.6. The van der Waals surface area contributed by atoms with Gasteiger partial charge in [-0.15, -0.1) is 12.4 Å². The van der Waals surface area contributed by atoms with Gasteiger partial charge in [-0.2, -0.15) is 5.10 Å². The Morgan fingerprint density at radius 1 is 1.26 bits per heavy atom. The van der Waals surface area contributed by atoms with Gasteiger partial charge in [0, 0.05) is 12.7 Å². The third kappa shape index (κ3) is 4.12. The van der Waals surface area contributed by atoms with Gasteiger partial charge in [-0.3, -0.25) is 4.79 Å². The second kappa shape index (κ2) is 8.13. The Hall–Kier alpha value is -1.85. The van der Waals surface area contributed by atoms with E-state index in [1.807, 2.05) is 51.1 Å². The maximum Gasteiger partial charge on any atom is 0.255 e. The van der Waals surface area contributed by atoms with Crippen molar-refractivity contribution in [3.8, 4) is 5.69 Å². The van der Waals surface area contributed by atoms with E-state index in [1.54, 1.807) is 10.9 Å². The summed E-state index contributed by atoms with van der Waals surface area (Å²) in [7, 11) is 0. The van der Waals surface area contributed by atoms with E-state index in [0.717, 1.165) is 18.5 Å². The first-order chi connectivity index (χ1) is 10.5. The smallest absolute Gasteiger partial charge is 0.255 e. The van der Waals surface area contributed by atoms with Gasteiger partial charge in [0.2, 0.25) is 0 Å². The minimum absolute atomic E-state index is 0. The summed E-state index contributed by atoms with van der Waals surface area (Å²) in [6.07, 6.45) is 3.38. The van der Waals surface area contributed by atoms with Crippen molar-refractivity contribution in [3.63, 3.8) is 0 Å². The summed E-state index contributed by atoms with van der Waals surface area (Å²) >= 11 is 0. The molecule has 6 heteroatoms. The van der Waals surface area contributed by atoms with Crippen molar-refractivity contribution in [1.82, 2.24) is 15.1 Å². The molecule has 0 spiro atoms. The number of aryl methyl sites for hydroxylation is 1. The highest BCUT2D eigenvalue weighted by molar-refractivity contribution is 5.95. The molecule has 0 fully saturated rings. The van der Waals surface area contributed by atoms with Crippen LogP contribution in [0, 0.1) is 6.92 Å². The molecule has 0 radical (unpaired) electrons. The number of halogens is 1. The average molecular weight is 337 g/mol. The van der Waals surface area contributed by atoms with Gasteiger partial charge in [-0.25, -0.2) is 4.68 Å². The first-order valence-electron chi connectivity index (χ1n) is 7.69. The number of hydrogen-bond acceptors (Lipinski definition) is 3. The molecule has 2 aromatic rings. The largest absolute Gasteiger partial charge is 0.345 e. The van der Waals surface area contributed by atoms with E-state index in [-0.39, 0.29) is 23.9 Å². The van der Waals surface area contributed by atoms with E-state index >= 15 is 0 Å². The zero-order valence-corrected chi connectivity index (χ0v) is 14.7. The van der Waals surface area contributed by atoms with E-state index < -0.39 is 0 Å². The molecular formula is C17H25ClN4O. The van der Waals surface area contributed by atoms with Crippen molar-refractivity contribution in [2.75, 3.05) is 6.54 Å². The number of hydrogen-bond donors (Lipinski definition) is 2. The van der Waals surface area contributed by atoms with E-state index in [4.69, 9.17) is 5.73 Å². The SMILES string of the molecule is CCC(CC)(CN)NC(=O)c1cn(-c2ccccc2)nc1C.Cl. The van der Waals surface area contributed by atoms with Gasteiger partial charge >= 0.3 is 0 Å². The van der Waals surface area contributed by atoms with Crippen molar-refractivity contribution in [3.05, 3.63) is 47.8 Å². The lowest BCUT2D eigenvalue weighted by molar-refractivity contribution is 0.0894. The Morgan fingerprint density at radius 3 is 2.39 bits per heavy atom. The summed E-state index contributed by atoms with van der Waals surface area (Å²) in [5.74, 6) is -0.117. The van der Waals surface area contributed by atoms with E-state index in [0.29, 0.717) is 17.8 Å². The van der Waals surface area contributed by atoms with Gasteiger partial charge in [0.15, 0.2) is 0 Å². The number of para-hydroxylation sites is 1. The first-order valence-corrected chi connectivity index (χ1v) is 7.69. The van der Waals surface area contributed by atoms with Gasteiger partial charge in [0.25, 0.3) is 5.91 Å². The van der Waals surface area contributed by atoms with Gasteiger partial charge < -0.3 is 11.1 Å². The molecule has 2 rings (SSSR count). The predicted molar refractivity (Wildman–Crippen MR) is 95.4 cm³/mol. The number of benzene rings is 1. The molecule has 5 nitrogen and oxygen atoms in total. The van der Waals surface area contributed by atoms with Crippen LogP contribution in [0.3, 0.4) is 0 Å². The third-order valence-electron chi connectivity index (χ3n) is 4.29. The van der Waals surface area contributed by atoms with Crippen LogP contribution in [0.2, 0.25) is 0 Å². The van der Waals surface area contributed by atoms with E-state index in [2.05, 4.69) is 10.4 Å². The molecule has 0 saturated carbocycles. The Kier molecular flexibility index (Phi) is 6.79. The highest BCUT2D eigenvalue weighted by Gasteiger charge is 2.28. The summed E-state index contributed by atoms with van der Waals surface area (Å²) in [6.45, 7) is 6.35. The van der Waals surface area contributed by atoms with Crippen LogP contribution >= 0.6 is 12.4 Å². The van der Waals surface area contributed by atoms with Crippen LogP contribution in [-0.2, 0) is 0 Å². The van der Waals surface area contributed by atoms with Crippen LogP contribution in [0.4, 0.5) is 0 Å². The number of carbonyl (C=O) groups excluding carboxylic acids is 1. The van der Waals surface area contributed by atoms with Crippen LogP contribution < -0.4 is 11.1 Å². The van der Waals surface area contributed by atoms with Crippen molar-refractivity contribution < 1.29 is 4.79 Å². The zero-order chi connectivity index (χ0) is 16.2. The number of rotatable bonds is 6. The Bertz CT molecular complexity index is 627. The van der Waals surface area contributed by atoms with Crippen molar-refractivity contribution in [2.24, 2.45) is 5.73 Å². The lowest BCUT2D eigenvalue weighted by Crippen LogP contribution is -2.52. The number of carbonyl (C=O) groups is 1. The van der Waals surface area contributed by atoms with E-state index in [1.165, 1.54) is 0 Å². The van der Waals surface area contributed by atoms with Gasteiger partial charge in [-0.05, 0) is 31.9 Å². The maximum atomic E-state index is 12.6. The fraction of sp³-hybridized carbons (Fsp3) is 0.412. The number of nitrogens with zero attached hydrogens (tertiary/aromatic N) is 2. The fourth-order valence-corrected chi connectivity index (χ4v) is 2.47. The number of aromatic nitrogens is 2. The highest BCUT2D eigenvalue weighted by Crippen LogP contribution is 2.17. The third-order valence-corrected chi connectivity index (χ3v) is 4.29. The van der Waals surface area contributed by atoms with Gasteiger partial charge in [-0.1, -0.05) is 32.0 Å². The fourth-order valence-electron chi connectivity index (χ4n) is 2.47. The summed E-state index contributed by atoms with van der Waals surface area (Å²) in [5, 5.41) is 7.52. The van der Waals surface area contributed by atoms with Crippen molar-refractivity contribution in [1.29, 1.82) is 0 Å². The van der Waals surface area contributed by atoms with Crippen LogP contribution in [0.25, 0.3) is 5.69 Å². The molecule has 0 atom stereocenters. The molecule has 126 valence electrons. The van der Waals surface area contributed by atoms with Crippen molar-refractivity contribution >= 4 is 18.3 Å². The molecule has 1 aromatic carbocycles. The zero-order valence-electron chi connectivity index (χ0n) is 13.9. The number of nitrogens with two attached hydrogens (primary N) is 1. The molecule has 0 aliphatic carbocycles. The lowest BCUT2D eigenvalue weighted by Gasteiger charge is -2.31. The highest BCUT2D eigenvalue weighted by atomic mass is 35.5. The second-order valence-electron chi connectivity index (χ2n) is 5.55. The summed E-state index contributed by atoms with van der Waals surface area (Å²) in [6, 6.07) is 9.75. The molecule has 0 unspecified atom stereocenters. The Morgan fingerprint density at radius 2 is 1.87 bits per heavy atom. The molecule has 1 heterocycles. The number of amides is 1. The van der Waals surface area contributed by atoms with E-state index in [9.17, 15) is 4.79 Å². The quantitative estimate of drug-likeness (QED) is 0.852. The van der Waals surface area contributed by atoms with Crippen LogP contribution in [-0.4, -0.2) is 27.8 Å². The molecule has 3 N–H and O–H groups in total. The average Bonchev–Trinajstić information content (AvgIpc) is 2.95. The monoisotopic (exact) mass is 336 g/mol. The first kappa shape index (κ1) is 19.2. The molecule has 0 bridgehead atoms. The van der Waals surface area contributed by atoms with Crippen LogP contribution in [0.15, 0.2) is 36.5 Å². The van der Waals surface area contributed by atoms with Gasteiger partial charge in [0.1, 0.15) is 0 Å².